The van der Waals surface area contributed by atoms with Gasteiger partial charge in [-0.3, -0.25) is 9.59 Å². The maximum absolute atomic E-state index is 12.0. The standard InChI is InChI=1S/C14H23NO3/c1-13(2,3)18-12(17)10-14(7-8-14)11(16)6-9-15(4)5/h6,9H,7-8,10H2,1-5H3/b9-6+. The van der Waals surface area contributed by atoms with Gasteiger partial charge in [-0.05, 0) is 39.7 Å². The second-order valence-corrected chi connectivity index (χ2v) is 6.19. The van der Waals surface area contributed by atoms with Crippen LogP contribution in [-0.4, -0.2) is 36.3 Å². The Kier molecular flexibility index (Phi) is 4.20. The van der Waals surface area contributed by atoms with Crippen molar-refractivity contribution >= 4 is 11.8 Å². The number of hydrogen-bond acceptors (Lipinski definition) is 4. The molecule has 0 aromatic rings. The van der Waals surface area contributed by atoms with Gasteiger partial charge in [-0.25, -0.2) is 0 Å². The van der Waals surface area contributed by atoms with E-state index in [9.17, 15) is 9.59 Å². The molecule has 0 heterocycles. The number of rotatable bonds is 5. The Morgan fingerprint density at radius 1 is 1.28 bits per heavy atom. The fourth-order valence-electron chi connectivity index (χ4n) is 1.71. The summed E-state index contributed by atoms with van der Waals surface area (Å²) in [5.74, 6) is -0.256. The molecule has 0 aliphatic heterocycles. The lowest BCUT2D eigenvalue weighted by Crippen LogP contribution is -2.27. The molecule has 1 rings (SSSR count). The van der Waals surface area contributed by atoms with Gasteiger partial charge in [-0.15, -0.1) is 0 Å². The molecule has 1 aliphatic carbocycles. The maximum atomic E-state index is 12.0. The van der Waals surface area contributed by atoms with Gasteiger partial charge in [0.1, 0.15) is 5.60 Å². The summed E-state index contributed by atoms with van der Waals surface area (Å²) in [5, 5.41) is 0. The smallest absolute Gasteiger partial charge is 0.307 e. The van der Waals surface area contributed by atoms with Crippen LogP contribution in [0, 0.1) is 5.41 Å². The van der Waals surface area contributed by atoms with Crippen molar-refractivity contribution in [1.29, 1.82) is 0 Å². The third-order valence-corrected chi connectivity index (χ3v) is 2.80. The van der Waals surface area contributed by atoms with Gasteiger partial charge in [0.15, 0.2) is 5.78 Å². The van der Waals surface area contributed by atoms with Gasteiger partial charge < -0.3 is 9.64 Å². The average molecular weight is 253 g/mol. The van der Waals surface area contributed by atoms with E-state index in [0.29, 0.717) is 0 Å². The molecule has 0 radical (unpaired) electrons. The second-order valence-electron chi connectivity index (χ2n) is 6.19. The van der Waals surface area contributed by atoms with Crippen molar-refractivity contribution in [2.45, 2.75) is 45.6 Å². The molecule has 0 bridgehead atoms. The lowest BCUT2D eigenvalue weighted by atomic mass is 9.96. The molecule has 0 spiro atoms. The van der Waals surface area contributed by atoms with E-state index in [4.69, 9.17) is 4.74 Å². The highest BCUT2D eigenvalue weighted by Gasteiger charge is 2.50. The van der Waals surface area contributed by atoms with Crippen molar-refractivity contribution in [3.63, 3.8) is 0 Å². The predicted molar refractivity (Wildman–Crippen MR) is 70.0 cm³/mol. The number of hydrogen-bond donors (Lipinski definition) is 0. The highest BCUT2D eigenvalue weighted by molar-refractivity contribution is 5.99. The van der Waals surface area contributed by atoms with Crippen molar-refractivity contribution < 1.29 is 14.3 Å². The SMILES string of the molecule is CN(C)/C=C/C(=O)C1(CC(=O)OC(C)(C)C)CC1. The summed E-state index contributed by atoms with van der Waals surface area (Å²) in [6.07, 6.45) is 5.03. The maximum Gasteiger partial charge on any atom is 0.307 e. The molecule has 0 atom stereocenters. The highest BCUT2D eigenvalue weighted by atomic mass is 16.6. The molecule has 0 amide bonds. The van der Waals surface area contributed by atoms with Crippen molar-refractivity contribution in [1.82, 2.24) is 4.90 Å². The van der Waals surface area contributed by atoms with Gasteiger partial charge in [0.05, 0.1) is 6.42 Å². The van der Waals surface area contributed by atoms with E-state index in [1.807, 2.05) is 34.9 Å². The fourth-order valence-corrected chi connectivity index (χ4v) is 1.71. The van der Waals surface area contributed by atoms with Crippen LogP contribution in [0.5, 0.6) is 0 Å². The molecular weight excluding hydrogens is 230 g/mol. The van der Waals surface area contributed by atoms with Crippen LogP contribution in [0.3, 0.4) is 0 Å². The average Bonchev–Trinajstić information content (AvgIpc) is 2.91. The minimum absolute atomic E-state index is 0.0297. The zero-order chi connectivity index (χ0) is 14.0. The van der Waals surface area contributed by atoms with Crippen LogP contribution in [0.15, 0.2) is 12.3 Å². The first-order valence-electron chi connectivity index (χ1n) is 6.26. The molecule has 1 aliphatic rings. The summed E-state index contributed by atoms with van der Waals surface area (Å²) in [6.45, 7) is 5.49. The van der Waals surface area contributed by atoms with Crippen molar-refractivity contribution in [3.8, 4) is 0 Å². The summed E-state index contributed by atoms with van der Waals surface area (Å²) in [4.78, 5) is 25.6. The van der Waals surface area contributed by atoms with Crippen LogP contribution < -0.4 is 0 Å². The van der Waals surface area contributed by atoms with Crippen LogP contribution in [0.4, 0.5) is 0 Å². The van der Waals surface area contributed by atoms with Crippen LogP contribution >= 0.6 is 0 Å². The summed E-state index contributed by atoms with van der Waals surface area (Å²) in [6, 6.07) is 0. The summed E-state index contributed by atoms with van der Waals surface area (Å²) in [7, 11) is 3.72. The Morgan fingerprint density at radius 2 is 1.83 bits per heavy atom. The molecule has 0 saturated heterocycles. The molecule has 4 nitrogen and oxygen atoms in total. The number of esters is 1. The topological polar surface area (TPSA) is 46.6 Å². The van der Waals surface area contributed by atoms with Crippen molar-refractivity contribution in [2.75, 3.05) is 14.1 Å². The Bertz CT molecular complexity index is 360. The summed E-state index contributed by atoms with van der Waals surface area (Å²) in [5.41, 5.74) is -0.982. The number of ketones is 1. The van der Waals surface area contributed by atoms with E-state index in [0.717, 1.165) is 12.8 Å². The molecule has 4 heteroatoms. The molecule has 0 aromatic carbocycles. The molecule has 0 unspecified atom stereocenters. The molecule has 0 N–H and O–H groups in total. The minimum Gasteiger partial charge on any atom is -0.460 e. The molecule has 18 heavy (non-hydrogen) atoms. The molecule has 1 saturated carbocycles. The lowest BCUT2D eigenvalue weighted by molar-refractivity contribution is -0.157. The first-order chi connectivity index (χ1) is 8.15. The Balaban J connectivity index is 2.56. The Labute approximate surface area is 109 Å². The van der Waals surface area contributed by atoms with E-state index in [2.05, 4.69) is 0 Å². The normalized spacial score (nSPS) is 17.6. The lowest BCUT2D eigenvalue weighted by Gasteiger charge is -2.21. The van der Waals surface area contributed by atoms with Crippen molar-refractivity contribution in [3.05, 3.63) is 12.3 Å². The van der Waals surface area contributed by atoms with E-state index in [1.165, 1.54) is 0 Å². The Morgan fingerprint density at radius 3 is 2.22 bits per heavy atom. The number of allylic oxidation sites excluding steroid dienone is 1. The summed E-state index contributed by atoms with van der Waals surface area (Å²) >= 11 is 0. The zero-order valence-corrected chi connectivity index (χ0v) is 11.9. The molecular formula is C14H23NO3. The number of nitrogens with zero attached hydrogens (tertiary/aromatic N) is 1. The van der Waals surface area contributed by atoms with Gasteiger partial charge in [0.2, 0.25) is 0 Å². The van der Waals surface area contributed by atoms with Crippen LogP contribution in [-0.2, 0) is 14.3 Å². The van der Waals surface area contributed by atoms with Crippen LogP contribution in [0.25, 0.3) is 0 Å². The van der Waals surface area contributed by atoms with Gasteiger partial charge in [-0.1, -0.05) is 0 Å². The minimum atomic E-state index is -0.491. The van der Waals surface area contributed by atoms with Crippen LogP contribution in [0.2, 0.25) is 0 Å². The van der Waals surface area contributed by atoms with Gasteiger partial charge >= 0.3 is 5.97 Å². The molecule has 102 valence electrons. The summed E-state index contributed by atoms with van der Waals surface area (Å²) < 4.78 is 5.26. The predicted octanol–water partition coefficient (Wildman–Crippen LogP) is 2.14. The first-order valence-corrected chi connectivity index (χ1v) is 6.26. The zero-order valence-electron chi connectivity index (χ0n) is 11.9. The van der Waals surface area contributed by atoms with E-state index >= 15 is 0 Å². The van der Waals surface area contributed by atoms with E-state index in [1.54, 1.807) is 17.2 Å². The molecule has 0 aromatic heterocycles. The van der Waals surface area contributed by atoms with Gasteiger partial charge in [0, 0.05) is 25.7 Å². The van der Waals surface area contributed by atoms with Gasteiger partial charge in [-0.2, -0.15) is 0 Å². The number of carbonyl (C=O) groups is 2. The monoisotopic (exact) mass is 253 g/mol. The van der Waals surface area contributed by atoms with E-state index < -0.39 is 11.0 Å². The van der Waals surface area contributed by atoms with Gasteiger partial charge in [0.25, 0.3) is 0 Å². The van der Waals surface area contributed by atoms with E-state index in [-0.39, 0.29) is 18.2 Å². The fraction of sp³-hybridized carbons (Fsp3) is 0.714. The van der Waals surface area contributed by atoms with Crippen LogP contribution in [0.1, 0.15) is 40.0 Å². The third-order valence-electron chi connectivity index (χ3n) is 2.80. The molecule has 1 fully saturated rings. The van der Waals surface area contributed by atoms with Crippen molar-refractivity contribution in [2.24, 2.45) is 5.41 Å². The number of carbonyl (C=O) groups excluding carboxylic acids is 2. The second kappa shape index (κ2) is 5.12. The Hall–Kier alpha value is -1.32. The first kappa shape index (κ1) is 14.7. The quantitative estimate of drug-likeness (QED) is 0.556. The highest BCUT2D eigenvalue weighted by Crippen LogP contribution is 2.50. The number of ether oxygens (including phenoxy) is 1. The third kappa shape index (κ3) is 4.51. The largest absolute Gasteiger partial charge is 0.460 e.